The van der Waals surface area contributed by atoms with E-state index in [-0.39, 0.29) is 5.15 Å². The zero-order chi connectivity index (χ0) is 13.0. The van der Waals surface area contributed by atoms with Crippen LogP contribution in [0.4, 0.5) is 0 Å². The molecule has 1 heterocycles. The Morgan fingerprint density at radius 1 is 1.22 bits per heavy atom. The third-order valence-electron chi connectivity index (χ3n) is 2.72. The number of hydrogen-bond donors (Lipinski definition) is 0. The number of benzene rings is 1. The van der Waals surface area contributed by atoms with Crippen LogP contribution in [-0.4, -0.2) is 16.3 Å². The quantitative estimate of drug-likeness (QED) is 0.624. The summed E-state index contributed by atoms with van der Waals surface area (Å²) < 4.78 is 0. The van der Waals surface area contributed by atoms with Gasteiger partial charge in [0.05, 0.1) is 11.3 Å². The maximum absolute atomic E-state index is 11.0. The molecule has 0 N–H and O–H groups in total. The van der Waals surface area contributed by atoms with E-state index in [1.165, 1.54) is 11.9 Å². The van der Waals surface area contributed by atoms with Crippen molar-refractivity contribution in [1.29, 1.82) is 0 Å². The molecule has 0 bridgehead atoms. The topological polar surface area (TPSA) is 42.9 Å². The molecule has 18 heavy (non-hydrogen) atoms. The molecule has 0 fully saturated rings. The molecule has 0 amide bonds. The molecule has 0 aliphatic carbocycles. The van der Waals surface area contributed by atoms with Crippen LogP contribution in [0, 0.1) is 0 Å². The predicted molar refractivity (Wildman–Crippen MR) is 71.9 cm³/mol. The van der Waals surface area contributed by atoms with E-state index in [1.807, 2.05) is 24.3 Å². The number of nitrogens with zero attached hydrogens (tertiary/aromatic N) is 2. The van der Waals surface area contributed by atoms with Crippen molar-refractivity contribution in [3.8, 4) is 11.3 Å². The van der Waals surface area contributed by atoms with Gasteiger partial charge in [0.1, 0.15) is 11.5 Å². The van der Waals surface area contributed by atoms with Crippen LogP contribution in [-0.2, 0) is 6.42 Å². The van der Waals surface area contributed by atoms with Crippen molar-refractivity contribution >= 4 is 17.9 Å². The molecule has 0 spiro atoms. The summed E-state index contributed by atoms with van der Waals surface area (Å²) in [7, 11) is 0. The lowest BCUT2D eigenvalue weighted by molar-refractivity contribution is 0.112. The van der Waals surface area contributed by atoms with Crippen molar-refractivity contribution in [3.63, 3.8) is 0 Å². The SMILES string of the molecule is CCCc1ccc(-c2ncnc(Cl)c2C=O)cc1. The zero-order valence-electron chi connectivity index (χ0n) is 10.1. The highest BCUT2D eigenvalue weighted by molar-refractivity contribution is 6.32. The van der Waals surface area contributed by atoms with Crippen LogP contribution < -0.4 is 0 Å². The minimum absolute atomic E-state index is 0.188. The molecular weight excluding hydrogens is 248 g/mol. The monoisotopic (exact) mass is 260 g/mol. The second kappa shape index (κ2) is 5.74. The van der Waals surface area contributed by atoms with Gasteiger partial charge < -0.3 is 0 Å². The molecule has 92 valence electrons. The lowest BCUT2D eigenvalue weighted by Crippen LogP contribution is -1.95. The van der Waals surface area contributed by atoms with Crippen molar-refractivity contribution in [3.05, 3.63) is 46.9 Å². The van der Waals surface area contributed by atoms with Crippen molar-refractivity contribution in [2.75, 3.05) is 0 Å². The Bertz CT molecular complexity index is 552. The van der Waals surface area contributed by atoms with E-state index in [0.29, 0.717) is 17.5 Å². The number of hydrogen-bond acceptors (Lipinski definition) is 3. The van der Waals surface area contributed by atoms with E-state index in [4.69, 9.17) is 11.6 Å². The van der Waals surface area contributed by atoms with Crippen molar-refractivity contribution < 1.29 is 4.79 Å². The van der Waals surface area contributed by atoms with Gasteiger partial charge in [-0.25, -0.2) is 9.97 Å². The van der Waals surface area contributed by atoms with E-state index < -0.39 is 0 Å². The van der Waals surface area contributed by atoms with Crippen LogP contribution in [0.15, 0.2) is 30.6 Å². The third-order valence-corrected chi connectivity index (χ3v) is 3.02. The number of aldehydes is 1. The normalized spacial score (nSPS) is 10.3. The van der Waals surface area contributed by atoms with Crippen LogP contribution >= 0.6 is 11.6 Å². The summed E-state index contributed by atoms with van der Waals surface area (Å²) in [5, 5.41) is 0.188. The average Bonchev–Trinajstić information content (AvgIpc) is 2.40. The van der Waals surface area contributed by atoms with E-state index in [0.717, 1.165) is 18.4 Å². The molecule has 0 radical (unpaired) electrons. The molecule has 0 aliphatic rings. The Morgan fingerprint density at radius 2 is 1.94 bits per heavy atom. The van der Waals surface area contributed by atoms with Gasteiger partial charge in [-0.2, -0.15) is 0 Å². The fourth-order valence-electron chi connectivity index (χ4n) is 1.83. The molecule has 2 rings (SSSR count). The van der Waals surface area contributed by atoms with Gasteiger partial charge in [0, 0.05) is 5.56 Å². The minimum atomic E-state index is 0.188. The lowest BCUT2D eigenvalue weighted by atomic mass is 10.0. The summed E-state index contributed by atoms with van der Waals surface area (Å²) in [5.41, 5.74) is 3.06. The van der Waals surface area contributed by atoms with Crippen LogP contribution in [0.3, 0.4) is 0 Å². The number of carbonyl (C=O) groups is 1. The van der Waals surface area contributed by atoms with Gasteiger partial charge in [-0.3, -0.25) is 4.79 Å². The van der Waals surface area contributed by atoms with Gasteiger partial charge in [-0.15, -0.1) is 0 Å². The Morgan fingerprint density at radius 3 is 2.56 bits per heavy atom. The lowest BCUT2D eigenvalue weighted by Gasteiger charge is -2.06. The molecule has 0 atom stereocenters. The first-order valence-electron chi connectivity index (χ1n) is 5.81. The summed E-state index contributed by atoms with van der Waals surface area (Å²) >= 11 is 5.88. The first-order valence-corrected chi connectivity index (χ1v) is 6.19. The highest BCUT2D eigenvalue weighted by Gasteiger charge is 2.10. The largest absolute Gasteiger partial charge is 0.298 e. The van der Waals surface area contributed by atoms with Crippen LogP contribution in [0.2, 0.25) is 5.15 Å². The predicted octanol–water partition coefficient (Wildman–Crippen LogP) is 3.56. The molecule has 0 unspecified atom stereocenters. The van der Waals surface area contributed by atoms with Gasteiger partial charge in [0.2, 0.25) is 0 Å². The summed E-state index contributed by atoms with van der Waals surface area (Å²) in [5.74, 6) is 0. The fraction of sp³-hybridized carbons (Fsp3) is 0.214. The summed E-state index contributed by atoms with van der Waals surface area (Å²) in [4.78, 5) is 19.0. The molecule has 0 saturated carbocycles. The summed E-state index contributed by atoms with van der Waals surface area (Å²) in [6, 6.07) is 8.00. The molecule has 4 heteroatoms. The molecule has 2 aromatic rings. The summed E-state index contributed by atoms with van der Waals surface area (Å²) in [6.07, 6.45) is 4.21. The van der Waals surface area contributed by atoms with E-state index in [1.54, 1.807) is 0 Å². The van der Waals surface area contributed by atoms with E-state index in [2.05, 4.69) is 16.9 Å². The summed E-state index contributed by atoms with van der Waals surface area (Å²) in [6.45, 7) is 2.14. The Labute approximate surface area is 111 Å². The molecule has 1 aromatic heterocycles. The number of aromatic nitrogens is 2. The second-order valence-electron chi connectivity index (χ2n) is 3.99. The highest BCUT2D eigenvalue weighted by Crippen LogP contribution is 2.24. The Balaban J connectivity index is 2.42. The molecule has 1 aromatic carbocycles. The molecule has 0 aliphatic heterocycles. The van der Waals surface area contributed by atoms with Gasteiger partial charge in [-0.05, 0) is 12.0 Å². The van der Waals surface area contributed by atoms with Gasteiger partial charge in [0.15, 0.2) is 6.29 Å². The fourth-order valence-corrected chi connectivity index (χ4v) is 2.00. The molecule has 3 nitrogen and oxygen atoms in total. The number of carbonyl (C=O) groups excluding carboxylic acids is 1. The van der Waals surface area contributed by atoms with Gasteiger partial charge >= 0.3 is 0 Å². The van der Waals surface area contributed by atoms with Crippen LogP contribution in [0.25, 0.3) is 11.3 Å². The first-order chi connectivity index (χ1) is 8.76. The second-order valence-corrected chi connectivity index (χ2v) is 4.35. The number of aryl methyl sites for hydroxylation is 1. The Hall–Kier alpha value is -1.74. The smallest absolute Gasteiger partial charge is 0.155 e. The van der Waals surface area contributed by atoms with E-state index >= 15 is 0 Å². The van der Waals surface area contributed by atoms with Crippen molar-refractivity contribution in [2.24, 2.45) is 0 Å². The number of halogens is 1. The van der Waals surface area contributed by atoms with Crippen LogP contribution in [0.1, 0.15) is 29.3 Å². The first kappa shape index (κ1) is 12.7. The highest BCUT2D eigenvalue weighted by atomic mass is 35.5. The molecule has 0 saturated heterocycles. The van der Waals surface area contributed by atoms with Crippen molar-refractivity contribution in [1.82, 2.24) is 9.97 Å². The van der Waals surface area contributed by atoms with E-state index in [9.17, 15) is 4.79 Å². The average molecular weight is 261 g/mol. The van der Waals surface area contributed by atoms with Gasteiger partial charge in [0.25, 0.3) is 0 Å². The number of rotatable bonds is 4. The van der Waals surface area contributed by atoms with Gasteiger partial charge in [-0.1, -0.05) is 49.2 Å². The van der Waals surface area contributed by atoms with Crippen LogP contribution in [0.5, 0.6) is 0 Å². The maximum Gasteiger partial charge on any atom is 0.155 e. The molecular formula is C14H13ClN2O. The minimum Gasteiger partial charge on any atom is -0.298 e. The third kappa shape index (κ3) is 2.57. The zero-order valence-corrected chi connectivity index (χ0v) is 10.8. The van der Waals surface area contributed by atoms with Crippen molar-refractivity contribution in [2.45, 2.75) is 19.8 Å². The maximum atomic E-state index is 11.0. The standard InChI is InChI=1S/C14H13ClN2O/c1-2-3-10-4-6-11(7-5-10)13-12(8-18)14(15)17-9-16-13/h4-9H,2-3H2,1H3. The Kier molecular flexibility index (Phi) is 4.05.